The van der Waals surface area contributed by atoms with Gasteiger partial charge in [0.15, 0.2) is 12.1 Å². The maximum Gasteiger partial charge on any atom is 0.263 e. The molecule has 0 radical (unpaired) electrons. The van der Waals surface area contributed by atoms with Crippen LogP contribution < -0.4 is 10.2 Å². The highest BCUT2D eigenvalue weighted by atomic mass is 16.2. The fraction of sp³-hybridized carbons (Fsp3) is 0.348. The highest BCUT2D eigenvalue weighted by molar-refractivity contribution is 6.25. The van der Waals surface area contributed by atoms with Crippen molar-refractivity contribution in [2.45, 2.75) is 46.2 Å². The van der Waals surface area contributed by atoms with Gasteiger partial charge in [0.1, 0.15) is 6.54 Å². The molecule has 2 aromatic carbocycles. The molecule has 4 rings (SSSR count). The van der Waals surface area contributed by atoms with E-state index >= 15 is 0 Å². The monoisotopic (exact) mass is 419 g/mol. The van der Waals surface area contributed by atoms with E-state index in [0.717, 1.165) is 39.3 Å². The molecule has 2 aliphatic heterocycles. The van der Waals surface area contributed by atoms with Gasteiger partial charge in [-0.1, -0.05) is 42.0 Å². The lowest BCUT2D eigenvalue weighted by atomic mass is 10.1. The van der Waals surface area contributed by atoms with Gasteiger partial charge in [0.25, 0.3) is 11.8 Å². The molecule has 0 spiro atoms. The molecule has 0 saturated carbocycles. The summed E-state index contributed by atoms with van der Waals surface area (Å²) in [6, 6.07) is 9.47. The van der Waals surface area contributed by atoms with Gasteiger partial charge in [-0.15, -0.1) is 0 Å². The van der Waals surface area contributed by atoms with Crippen LogP contribution in [-0.2, 0) is 20.8 Å². The normalized spacial score (nSPS) is 19.9. The third-order valence-corrected chi connectivity index (χ3v) is 5.71. The largest absolute Gasteiger partial charge is 0.324 e. The Morgan fingerprint density at radius 2 is 1.68 bits per heavy atom. The van der Waals surface area contributed by atoms with Gasteiger partial charge in [-0.05, 0) is 56.0 Å². The first kappa shape index (κ1) is 20.7. The van der Waals surface area contributed by atoms with Gasteiger partial charge >= 0.3 is 0 Å². The fourth-order valence-electron chi connectivity index (χ4n) is 4.19. The molecule has 0 aliphatic carbocycles. The van der Waals surface area contributed by atoms with Gasteiger partial charge in [-0.2, -0.15) is 5.11 Å². The van der Waals surface area contributed by atoms with E-state index in [9.17, 15) is 14.4 Å². The van der Waals surface area contributed by atoms with Crippen molar-refractivity contribution in [3.63, 3.8) is 0 Å². The van der Waals surface area contributed by atoms with Crippen LogP contribution in [0.2, 0.25) is 0 Å². The molecule has 1 N–H and O–H groups in total. The average molecular weight is 419 g/mol. The smallest absolute Gasteiger partial charge is 0.263 e. The van der Waals surface area contributed by atoms with Gasteiger partial charge in [0, 0.05) is 5.69 Å². The Morgan fingerprint density at radius 1 is 1.03 bits per heavy atom. The molecule has 8 heteroatoms. The van der Waals surface area contributed by atoms with Crippen molar-refractivity contribution >= 4 is 29.1 Å². The maximum absolute atomic E-state index is 13.1. The zero-order valence-corrected chi connectivity index (χ0v) is 18.0. The van der Waals surface area contributed by atoms with E-state index in [4.69, 9.17) is 0 Å². The number of rotatable bonds is 5. The van der Waals surface area contributed by atoms with E-state index in [1.54, 1.807) is 12.1 Å². The number of hydrogen-bond acceptors (Lipinski definition) is 6. The van der Waals surface area contributed by atoms with Crippen LogP contribution in [-0.4, -0.2) is 41.4 Å². The minimum Gasteiger partial charge on any atom is -0.324 e. The van der Waals surface area contributed by atoms with E-state index in [0.29, 0.717) is 5.69 Å². The molecule has 160 valence electrons. The predicted molar refractivity (Wildman–Crippen MR) is 117 cm³/mol. The lowest BCUT2D eigenvalue weighted by Gasteiger charge is -2.21. The zero-order chi connectivity index (χ0) is 22.3. The van der Waals surface area contributed by atoms with E-state index in [-0.39, 0.29) is 12.5 Å². The third-order valence-electron chi connectivity index (χ3n) is 5.71. The van der Waals surface area contributed by atoms with Crippen LogP contribution in [0.3, 0.4) is 0 Å². The Kier molecular flexibility index (Phi) is 5.31. The second-order valence-electron chi connectivity index (χ2n) is 8.05. The summed E-state index contributed by atoms with van der Waals surface area (Å²) in [5.41, 5.74) is 5.40. The summed E-state index contributed by atoms with van der Waals surface area (Å²) >= 11 is 0. The van der Waals surface area contributed by atoms with Crippen LogP contribution in [0.5, 0.6) is 0 Å². The second-order valence-corrected chi connectivity index (χ2v) is 8.05. The predicted octanol–water partition coefficient (Wildman–Crippen LogP) is 3.11. The number of imide groups is 1. The summed E-state index contributed by atoms with van der Waals surface area (Å²) in [7, 11) is 0. The van der Waals surface area contributed by atoms with Crippen LogP contribution in [0, 0.1) is 20.8 Å². The first-order valence-electron chi connectivity index (χ1n) is 10.3. The Labute approximate surface area is 180 Å². The zero-order valence-electron chi connectivity index (χ0n) is 18.0. The Morgan fingerprint density at radius 3 is 2.29 bits per heavy atom. The standard InChI is InChI=1S/C23H25N5O3/c1-5-16-6-8-17(9-7-16)28-22(30)20-21(23(28)31)27(26-25-20)12-18(29)24-19-14(3)10-13(2)11-15(19)4/h6-11,20-21H,5,12H2,1-4H3,(H,24,29)/t20-,21-/m0/s1. The number of amides is 3. The first-order chi connectivity index (χ1) is 14.8. The summed E-state index contributed by atoms with van der Waals surface area (Å²) < 4.78 is 0. The van der Waals surface area contributed by atoms with Crippen LogP contribution in [0.25, 0.3) is 0 Å². The topological polar surface area (TPSA) is 94.4 Å². The number of anilines is 2. The van der Waals surface area contributed by atoms with E-state index in [1.807, 2.05) is 52.0 Å². The molecule has 31 heavy (non-hydrogen) atoms. The minimum absolute atomic E-state index is 0.168. The number of nitrogens with zero attached hydrogens (tertiary/aromatic N) is 4. The van der Waals surface area contributed by atoms with E-state index < -0.39 is 23.9 Å². The average Bonchev–Trinajstić information content (AvgIpc) is 3.24. The molecule has 1 fully saturated rings. The molecule has 2 aromatic rings. The number of carbonyl (C=O) groups excluding carboxylic acids is 3. The summed E-state index contributed by atoms with van der Waals surface area (Å²) in [5.74, 6) is -1.16. The first-order valence-corrected chi connectivity index (χ1v) is 10.3. The number of carbonyl (C=O) groups is 3. The van der Waals surface area contributed by atoms with Crippen molar-refractivity contribution in [3.8, 4) is 0 Å². The molecular weight excluding hydrogens is 394 g/mol. The molecule has 0 bridgehead atoms. The lowest BCUT2D eigenvalue weighted by Crippen LogP contribution is -2.43. The molecule has 2 aliphatic rings. The quantitative estimate of drug-likeness (QED) is 0.754. The van der Waals surface area contributed by atoms with Crippen LogP contribution >= 0.6 is 0 Å². The van der Waals surface area contributed by atoms with Crippen molar-refractivity contribution < 1.29 is 14.4 Å². The van der Waals surface area contributed by atoms with Crippen LogP contribution in [0.15, 0.2) is 46.7 Å². The van der Waals surface area contributed by atoms with Crippen molar-refractivity contribution in [1.82, 2.24) is 5.01 Å². The number of fused-ring (bicyclic) bond motifs is 1. The number of hydrogen-bond donors (Lipinski definition) is 1. The van der Waals surface area contributed by atoms with Crippen molar-refractivity contribution in [1.29, 1.82) is 0 Å². The Hall–Kier alpha value is -3.55. The molecule has 3 amide bonds. The van der Waals surface area contributed by atoms with Gasteiger partial charge in [-0.25, -0.2) is 4.90 Å². The second kappa shape index (κ2) is 7.94. The molecule has 1 saturated heterocycles. The Bertz CT molecular complexity index is 1070. The maximum atomic E-state index is 13.1. The minimum atomic E-state index is -0.922. The summed E-state index contributed by atoms with van der Waals surface area (Å²) in [6.07, 6.45) is 0.866. The molecule has 8 nitrogen and oxygen atoms in total. The van der Waals surface area contributed by atoms with Crippen molar-refractivity contribution in [3.05, 3.63) is 58.7 Å². The van der Waals surface area contributed by atoms with Crippen molar-refractivity contribution in [2.24, 2.45) is 10.3 Å². The van der Waals surface area contributed by atoms with Gasteiger partial charge in [0.2, 0.25) is 5.91 Å². The summed E-state index contributed by atoms with van der Waals surface area (Å²) in [5, 5.41) is 12.1. The van der Waals surface area contributed by atoms with Gasteiger partial charge in [0.05, 0.1) is 5.69 Å². The third kappa shape index (κ3) is 3.69. The molecule has 2 atom stereocenters. The molecule has 0 unspecified atom stereocenters. The summed E-state index contributed by atoms with van der Waals surface area (Å²) in [6.45, 7) is 7.73. The number of aryl methyl sites for hydroxylation is 4. The SMILES string of the molecule is CCc1ccc(N2C(=O)[C@H]3N=NN(CC(=O)Nc4c(C)cc(C)cc4C)[C@@H]3C2=O)cc1. The van der Waals surface area contributed by atoms with Crippen LogP contribution in [0.4, 0.5) is 11.4 Å². The van der Waals surface area contributed by atoms with Crippen molar-refractivity contribution in [2.75, 3.05) is 16.8 Å². The highest BCUT2D eigenvalue weighted by Crippen LogP contribution is 2.32. The fourth-order valence-corrected chi connectivity index (χ4v) is 4.19. The molecule has 0 aromatic heterocycles. The molecular formula is C23H25N5O3. The summed E-state index contributed by atoms with van der Waals surface area (Å²) in [4.78, 5) is 39.7. The number of nitrogens with one attached hydrogen (secondary N) is 1. The number of benzene rings is 2. The lowest BCUT2D eigenvalue weighted by molar-refractivity contribution is -0.123. The van der Waals surface area contributed by atoms with Gasteiger partial charge in [-0.3, -0.25) is 19.4 Å². The Balaban J connectivity index is 1.49. The van der Waals surface area contributed by atoms with Gasteiger partial charge < -0.3 is 5.32 Å². The molecule has 2 heterocycles. The van der Waals surface area contributed by atoms with Crippen LogP contribution in [0.1, 0.15) is 29.2 Å². The van der Waals surface area contributed by atoms with E-state index in [2.05, 4.69) is 15.7 Å². The van der Waals surface area contributed by atoms with E-state index in [1.165, 1.54) is 5.01 Å². The highest BCUT2D eigenvalue weighted by Gasteiger charge is 2.55.